The molecule has 0 fully saturated rings. The van der Waals surface area contributed by atoms with Crippen LogP contribution in [0.4, 0.5) is 9.52 Å². The summed E-state index contributed by atoms with van der Waals surface area (Å²) in [5.41, 5.74) is 1.09. The Morgan fingerprint density at radius 2 is 1.91 bits per heavy atom. The molecule has 2 N–H and O–H groups in total. The first kappa shape index (κ1) is 15.1. The van der Waals surface area contributed by atoms with Gasteiger partial charge in [-0.2, -0.15) is 0 Å². The largest absolute Gasteiger partial charge is 0.343 e. The average molecular weight is 329 g/mol. The van der Waals surface area contributed by atoms with Crippen molar-refractivity contribution in [2.45, 2.75) is 0 Å². The number of fused-ring (bicyclic) bond motifs is 1. The van der Waals surface area contributed by atoms with Gasteiger partial charge in [-0.25, -0.2) is 9.37 Å². The highest BCUT2D eigenvalue weighted by Crippen LogP contribution is 2.26. The van der Waals surface area contributed by atoms with Crippen molar-refractivity contribution in [3.8, 4) is 0 Å². The number of anilines is 1. The van der Waals surface area contributed by atoms with Gasteiger partial charge in [0.15, 0.2) is 5.13 Å². The summed E-state index contributed by atoms with van der Waals surface area (Å²) >= 11 is 1.17. The average Bonchev–Trinajstić information content (AvgIpc) is 2.94. The van der Waals surface area contributed by atoms with Gasteiger partial charge >= 0.3 is 0 Å². The van der Waals surface area contributed by atoms with Gasteiger partial charge in [0, 0.05) is 5.56 Å². The molecule has 1 heterocycles. The Morgan fingerprint density at radius 3 is 2.70 bits per heavy atom. The van der Waals surface area contributed by atoms with Crippen molar-refractivity contribution in [2.75, 3.05) is 11.9 Å². The molecule has 0 spiro atoms. The monoisotopic (exact) mass is 329 g/mol. The molecule has 116 valence electrons. The molecule has 0 unspecified atom stereocenters. The molecule has 0 aliphatic rings. The van der Waals surface area contributed by atoms with Crippen LogP contribution in [0.15, 0.2) is 48.5 Å². The van der Waals surface area contributed by atoms with E-state index in [1.807, 2.05) is 0 Å². The van der Waals surface area contributed by atoms with E-state index >= 15 is 0 Å². The second-order valence-electron chi connectivity index (χ2n) is 4.73. The van der Waals surface area contributed by atoms with Crippen molar-refractivity contribution in [2.24, 2.45) is 0 Å². The third-order valence-electron chi connectivity index (χ3n) is 3.04. The van der Waals surface area contributed by atoms with E-state index in [1.165, 1.54) is 23.5 Å². The highest BCUT2D eigenvalue weighted by molar-refractivity contribution is 7.22. The Morgan fingerprint density at radius 1 is 1.13 bits per heavy atom. The van der Waals surface area contributed by atoms with Crippen molar-refractivity contribution in [3.05, 3.63) is 59.9 Å². The molecule has 0 radical (unpaired) electrons. The fourth-order valence-electron chi connectivity index (χ4n) is 1.97. The van der Waals surface area contributed by atoms with Crippen LogP contribution in [-0.4, -0.2) is 23.3 Å². The van der Waals surface area contributed by atoms with Crippen LogP contribution >= 0.6 is 11.3 Å². The number of benzene rings is 2. The Labute approximate surface area is 135 Å². The third-order valence-corrected chi connectivity index (χ3v) is 3.98. The van der Waals surface area contributed by atoms with E-state index in [-0.39, 0.29) is 18.3 Å². The van der Waals surface area contributed by atoms with Crippen LogP contribution < -0.4 is 10.6 Å². The summed E-state index contributed by atoms with van der Waals surface area (Å²) in [5.74, 6) is -1.07. The molecule has 3 rings (SSSR count). The van der Waals surface area contributed by atoms with Gasteiger partial charge in [-0.15, -0.1) is 0 Å². The summed E-state index contributed by atoms with van der Waals surface area (Å²) in [6.45, 7) is -0.169. The molecular formula is C16H12FN3O2S. The molecule has 0 saturated carbocycles. The number of hydrogen-bond acceptors (Lipinski definition) is 4. The normalized spacial score (nSPS) is 10.5. The molecule has 2 aromatic carbocycles. The number of carbonyl (C=O) groups is 2. The molecule has 1 aromatic heterocycles. The molecule has 23 heavy (non-hydrogen) atoms. The van der Waals surface area contributed by atoms with Crippen molar-refractivity contribution in [1.82, 2.24) is 10.3 Å². The van der Waals surface area contributed by atoms with Crippen LogP contribution in [0, 0.1) is 5.82 Å². The lowest BCUT2D eigenvalue weighted by molar-refractivity contribution is -0.115. The van der Waals surface area contributed by atoms with Gasteiger partial charge in [-0.3, -0.25) is 9.59 Å². The predicted molar refractivity (Wildman–Crippen MR) is 87.0 cm³/mol. The lowest BCUT2D eigenvalue weighted by Gasteiger charge is -2.04. The topological polar surface area (TPSA) is 71.1 Å². The molecule has 3 aromatic rings. The van der Waals surface area contributed by atoms with Gasteiger partial charge in [0.05, 0.1) is 16.8 Å². The van der Waals surface area contributed by atoms with E-state index in [0.29, 0.717) is 20.9 Å². The summed E-state index contributed by atoms with van der Waals surface area (Å²) in [5, 5.41) is 5.48. The van der Waals surface area contributed by atoms with E-state index in [9.17, 15) is 14.0 Å². The van der Waals surface area contributed by atoms with Gasteiger partial charge < -0.3 is 10.6 Å². The van der Waals surface area contributed by atoms with E-state index in [0.717, 1.165) is 0 Å². The lowest BCUT2D eigenvalue weighted by Crippen LogP contribution is -2.32. The zero-order chi connectivity index (χ0) is 16.2. The summed E-state index contributed by atoms with van der Waals surface area (Å²) in [4.78, 5) is 27.9. The fourth-order valence-corrected chi connectivity index (χ4v) is 2.87. The number of thiazole rings is 1. The highest BCUT2D eigenvalue weighted by Gasteiger charge is 2.10. The number of halogens is 1. The van der Waals surface area contributed by atoms with Gasteiger partial charge in [-0.1, -0.05) is 29.5 Å². The minimum atomic E-state index is -0.395. The number of carbonyl (C=O) groups excluding carboxylic acids is 2. The molecule has 2 amide bonds. The van der Waals surface area contributed by atoms with Crippen LogP contribution in [-0.2, 0) is 4.79 Å². The summed E-state index contributed by atoms with van der Waals surface area (Å²) in [6, 6.07) is 12.8. The standard InChI is InChI=1S/C16H12FN3O2S/c17-11-6-7-12-13(8-11)23-16(19-12)20-14(21)9-18-15(22)10-4-2-1-3-5-10/h1-8H,9H2,(H,18,22)(H,19,20,21). The van der Waals surface area contributed by atoms with E-state index in [4.69, 9.17) is 0 Å². The second kappa shape index (κ2) is 6.53. The van der Waals surface area contributed by atoms with Crippen LogP contribution in [0.5, 0.6) is 0 Å². The summed E-state index contributed by atoms with van der Waals surface area (Å²) in [6.07, 6.45) is 0. The molecule has 0 aliphatic heterocycles. The minimum absolute atomic E-state index is 0.169. The Kier molecular flexibility index (Phi) is 4.29. The summed E-state index contributed by atoms with van der Waals surface area (Å²) in [7, 11) is 0. The van der Waals surface area contributed by atoms with Crippen LogP contribution in [0.2, 0.25) is 0 Å². The maximum absolute atomic E-state index is 13.1. The number of nitrogens with zero attached hydrogens (tertiary/aromatic N) is 1. The quantitative estimate of drug-likeness (QED) is 0.773. The minimum Gasteiger partial charge on any atom is -0.343 e. The van der Waals surface area contributed by atoms with Crippen LogP contribution in [0.25, 0.3) is 10.2 Å². The van der Waals surface area contributed by atoms with Gasteiger partial charge in [0.25, 0.3) is 5.91 Å². The highest BCUT2D eigenvalue weighted by atomic mass is 32.1. The maximum Gasteiger partial charge on any atom is 0.251 e. The molecule has 7 heteroatoms. The Hall–Kier alpha value is -2.80. The van der Waals surface area contributed by atoms with Gasteiger partial charge in [0.2, 0.25) is 5.91 Å². The lowest BCUT2D eigenvalue weighted by atomic mass is 10.2. The number of hydrogen-bond donors (Lipinski definition) is 2. The molecule has 5 nitrogen and oxygen atoms in total. The van der Waals surface area contributed by atoms with Crippen molar-refractivity contribution in [3.63, 3.8) is 0 Å². The van der Waals surface area contributed by atoms with E-state index in [1.54, 1.807) is 36.4 Å². The molecule has 0 bridgehead atoms. The van der Waals surface area contributed by atoms with Gasteiger partial charge in [-0.05, 0) is 30.3 Å². The number of aromatic nitrogens is 1. The van der Waals surface area contributed by atoms with Crippen molar-refractivity contribution >= 4 is 38.5 Å². The summed E-state index contributed by atoms with van der Waals surface area (Å²) < 4.78 is 13.8. The Bertz CT molecular complexity index is 864. The van der Waals surface area contributed by atoms with Crippen LogP contribution in [0.3, 0.4) is 0 Å². The fraction of sp³-hybridized carbons (Fsp3) is 0.0625. The van der Waals surface area contributed by atoms with Crippen molar-refractivity contribution < 1.29 is 14.0 Å². The SMILES string of the molecule is O=C(CNC(=O)c1ccccc1)Nc1nc2ccc(F)cc2s1. The molecule has 0 aliphatic carbocycles. The molecule has 0 atom stereocenters. The number of nitrogens with one attached hydrogen (secondary N) is 2. The first-order chi connectivity index (χ1) is 11.1. The van der Waals surface area contributed by atoms with E-state index in [2.05, 4.69) is 15.6 Å². The maximum atomic E-state index is 13.1. The third kappa shape index (κ3) is 3.70. The van der Waals surface area contributed by atoms with Crippen LogP contribution in [0.1, 0.15) is 10.4 Å². The first-order valence-electron chi connectivity index (χ1n) is 6.81. The Balaban J connectivity index is 1.59. The second-order valence-corrected chi connectivity index (χ2v) is 5.76. The first-order valence-corrected chi connectivity index (χ1v) is 7.63. The predicted octanol–water partition coefficient (Wildman–Crippen LogP) is 2.80. The van der Waals surface area contributed by atoms with E-state index < -0.39 is 5.91 Å². The molecular weight excluding hydrogens is 317 g/mol. The van der Waals surface area contributed by atoms with Gasteiger partial charge in [0.1, 0.15) is 5.82 Å². The van der Waals surface area contributed by atoms with Crippen molar-refractivity contribution in [1.29, 1.82) is 0 Å². The number of amides is 2. The smallest absolute Gasteiger partial charge is 0.251 e. The zero-order valence-electron chi connectivity index (χ0n) is 11.9. The zero-order valence-corrected chi connectivity index (χ0v) is 12.7. The number of rotatable bonds is 4. The molecule has 0 saturated heterocycles.